The molecule has 2 aliphatic carbocycles. The summed E-state index contributed by atoms with van der Waals surface area (Å²) in [6.07, 6.45) is 3.69. The van der Waals surface area contributed by atoms with Crippen molar-refractivity contribution in [2.45, 2.75) is 82.4 Å². The summed E-state index contributed by atoms with van der Waals surface area (Å²) >= 11 is 1.59. The molecule has 0 spiro atoms. The predicted molar refractivity (Wildman–Crippen MR) is 150 cm³/mol. The van der Waals surface area contributed by atoms with Crippen molar-refractivity contribution < 1.29 is 29.3 Å². The van der Waals surface area contributed by atoms with Crippen LogP contribution in [0.2, 0.25) is 0 Å². The van der Waals surface area contributed by atoms with Crippen molar-refractivity contribution in [3.8, 4) is 0 Å². The van der Waals surface area contributed by atoms with Gasteiger partial charge in [-0.3, -0.25) is 14.9 Å². The molecule has 3 aliphatic rings. The zero-order chi connectivity index (χ0) is 28.4. The molecule has 1 aromatic rings. The highest BCUT2D eigenvalue weighted by Gasteiger charge is 2.60. The SMILES string of the molecule is CSc1cccc(NC(=O)OC2CCC3(C)C(CC(=O)N4CCC(NC(C)=O)C4)C(O)CCC3C2(C)CO)c1. The lowest BCUT2D eigenvalue weighted by Crippen LogP contribution is -2.61. The molecular formula is C29H43N3O6S. The first kappa shape index (κ1) is 29.7. The van der Waals surface area contributed by atoms with Gasteiger partial charge in [-0.1, -0.05) is 19.9 Å². The van der Waals surface area contributed by atoms with Gasteiger partial charge in [0, 0.05) is 48.5 Å². The zero-order valence-corrected chi connectivity index (χ0v) is 24.3. The number of fused-ring (bicyclic) bond motifs is 1. The summed E-state index contributed by atoms with van der Waals surface area (Å²) in [7, 11) is 0. The number of benzene rings is 1. The monoisotopic (exact) mass is 561 g/mol. The second-order valence-corrected chi connectivity index (χ2v) is 12.9. The van der Waals surface area contributed by atoms with Crippen molar-refractivity contribution in [2.75, 3.05) is 31.3 Å². The van der Waals surface area contributed by atoms with E-state index in [-0.39, 0.29) is 42.7 Å². The number of carbonyl (C=O) groups excluding carboxylic acids is 3. The number of likely N-dealkylation sites (tertiary alicyclic amines) is 1. The van der Waals surface area contributed by atoms with Gasteiger partial charge >= 0.3 is 6.09 Å². The summed E-state index contributed by atoms with van der Waals surface area (Å²) in [5.41, 5.74) is -0.457. The number of nitrogens with one attached hydrogen (secondary N) is 2. The number of amides is 3. The van der Waals surface area contributed by atoms with E-state index in [4.69, 9.17) is 4.74 Å². The molecule has 216 valence electrons. The fraction of sp³-hybridized carbons (Fsp3) is 0.690. The van der Waals surface area contributed by atoms with Gasteiger partial charge in [-0.25, -0.2) is 4.79 Å². The van der Waals surface area contributed by atoms with Gasteiger partial charge in [0.05, 0.1) is 12.7 Å². The van der Waals surface area contributed by atoms with Gasteiger partial charge in [0.25, 0.3) is 0 Å². The highest BCUT2D eigenvalue weighted by molar-refractivity contribution is 7.98. The Kier molecular flexibility index (Phi) is 9.18. The number of hydrogen-bond donors (Lipinski definition) is 4. The third kappa shape index (κ3) is 6.23. The molecular weight excluding hydrogens is 518 g/mol. The first-order valence-electron chi connectivity index (χ1n) is 14.0. The average molecular weight is 562 g/mol. The van der Waals surface area contributed by atoms with E-state index in [9.17, 15) is 24.6 Å². The van der Waals surface area contributed by atoms with E-state index in [1.54, 1.807) is 16.7 Å². The lowest BCUT2D eigenvalue weighted by molar-refractivity contribution is -0.186. The van der Waals surface area contributed by atoms with Crippen molar-refractivity contribution in [3.05, 3.63) is 24.3 Å². The first-order valence-corrected chi connectivity index (χ1v) is 15.2. The molecule has 1 aliphatic heterocycles. The van der Waals surface area contributed by atoms with Crippen molar-refractivity contribution >= 4 is 35.4 Å². The number of rotatable bonds is 7. The molecule has 0 radical (unpaired) electrons. The van der Waals surface area contributed by atoms with Crippen LogP contribution in [0.5, 0.6) is 0 Å². The molecule has 7 unspecified atom stereocenters. The standard InChI is InChI=1S/C29H43N3O6S/c1-18(34)30-20-11-13-32(16-20)26(36)15-22-23(35)8-9-24-28(22,2)12-10-25(29(24,3)17-33)38-27(37)31-19-6-5-7-21(14-19)39-4/h5-7,14,20,22-25,33,35H,8-13,15-17H2,1-4H3,(H,30,34)(H,31,37). The van der Waals surface area contributed by atoms with Crippen LogP contribution in [0.4, 0.5) is 10.5 Å². The Labute approximate surface area is 235 Å². The van der Waals surface area contributed by atoms with E-state index >= 15 is 0 Å². The lowest BCUT2D eigenvalue weighted by atomic mass is 9.46. The number of aliphatic hydroxyl groups excluding tert-OH is 2. The Morgan fingerprint density at radius 3 is 2.64 bits per heavy atom. The maximum absolute atomic E-state index is 13.3. The van der Waals surface area contributed by atoms with Gasteiger partial charge in [-0.2, -0.15) is 0 Å². The number of carbonyl (C=O) groups is 3. The molecule has 9 nitrogen and oxygen atoms in total. The quantitative estimate of drug-likeness (QED) is 0.374. The average Bonchev–Trinajstić information content (AvgIpc) is 3.36. The summed E-state index contributed by atoms with van der Waals surface area (Å²) in [6, 6.07) is 7.51. The lowest BCUT2D eigenvalue weighted by Gasteiger charge is -2.60. The molecule has 0 bridgehead atoms. The Morgan fingerprint density at radius 2 is 1.95 bits per heavy atom. The van der Waals surface area contributed by atoms with Crippen LogP contribution in [0.15, 0.2) is 29.2 Å². The maximum atomic E-state index is 13.3. The number of nitrogens with zero attached hydrogens (tertiary/aromatic N) is 1. The molecule has 1 heterocycles. The van der Waals surface area contributed by atoms with E-state index in [0.717, 1.165) is 11.3 Å². The summed E-state index contributed by atoms with van der Waals surface area (Å²) < 4.78 is 5.95. The number of aliphatic hydroxyl groups is 2. The predicted octanol–water partition coefficient (Wildman–Crippen LogP) is 3.64. The number of thioether (sulfide) groups is 1. The molecule has 7 atom stereocenters. The van der Waals surface area contributed by atoms with Gasteiger partial charge in [0.1, 0.15) is 6.10 Å². The Bertz CT molecular complexity index is 1070. The number of ether oxygens (including phenoxy) is 1. The third-order valence-electron chi connectivity index (χ3n) is 9.58. The molecule has 4 rings (SSSR count). The summed E-state index contributed by atoms with van der Waals surface area (Å²) in [6.45, 7) is 6.49. The number of anilines is 1. The molecule has 0 aromatic heterocycles. The van der Waals surface area contributed by atoms with Crippen LogP contribution in [0, 0.1) is 22.7 Å². The van der Waals surface area contributed by atoms with Crippen LogP contribution in [0.3, 0.4) is 0 Å². The number of hydrogen-bond acceptors (Lipinski definition) is 7. The first-order chi connectivity index (χ1) is 18.5. The minimum atomic E-state index is -0.711. The summed E-state index contributed by atoms with van der Waals surface area (Å²) in [5, 5.41) is 27.5. The van der Waals surface area contributed by atoms with Gasteiger partial charge in [0.2, 0.25) is 11.8 Å². The van der Waals surface area contributed by atoms with Gasteiger partial charge in [-0.15, -0.1) is 11.8 Å². The highest BCUT2D eigenvalue weighted by Crippen LogP contribution is 2.61. The van der Waals surface area contributed by atoms with Crippen molar-refractivity contribution in [3.63, 3.8) is 0 Å². The molecule has 3 fully saturated rings. The van der Waals surface area contributed by atoms with E-state index in [1.165, 1.54) is 6.92 Å². The fourth-order valence-electron chi connectivity index (χ4n) is 7.47. The maximum Gasteiger partial charge on any atom is 0.411 e. The molecule has 10 heteroatoms. The molecule has 3 amide bonds. The minimum Gasteiger partial charge on any atom is -0.445 e. The van der Waals surface area contributed by atoms with E-state index in [0.29, 0.717) is 44.5 Å². The smallest absolute Gasteiger partial charge is 0.411 e. The Hall–Kier alpha value is -2.30. The summed E-state index contributed by atoms with van der Waals surface area (Å²) in [4.78, 5) is 40.5. The van der Waals surface area contributed by atoms with Crippen molar-refractivity contribution in [1.82, 2.24) is 10.2 Å². The highest BCUT2D eigenvalue weighted by atomic mass is 32.2. The van der Waals surface area contributed by atoms with Crippen LogP contribution in [0.1, 0.15) is 59.3 Å². The second kappa shape index (κ2) is 12.1. The van der Waals surface area contributed by atoms with Gasteiger partial charge in [0.15, 0.2) is 0 Å². The Balaban J connectivity index is 1.45. The zero-order valence-electron chi connectivity index (χ0n) is 23.4. The van der Waals surface area contributed by atoms with Crippen LogP contribution in [-0.2, 0) is 14.3 Å². The van der Waals surface area contributed by atoms with Gasteiger partial charge in [-0.05, 0) is 73.8 Å². The van der Waals surface area contributed by atoms with Gasteiger partial charge < -0.3 is 25.2 Å². The minimum absolute atomic E-state index is 0.00953. The van der Waals surface area contributed by atoms with Crippen molar-refractivity contribution in [1.29, 1.82) is 0 Å². The topological polar surface area (TPSA) is 128 Å². The Morgan fingerprint density at radius 1 is 1.18 bits per heavy atom. The van der Waals surface area contributed by atoms with E-state index in [1.807, 2.05) is 37.4 Å². The van der Waals surface area contributed by atoms with Crippen molar-refractivity contribution in [2.24, 2.45) is 22.7 Å². The fourth-order valence-corrected chi connectivity index (χ4v) is 7.93. The molecule has 39 heavy (non-hydrogen) atoms. The van der Waals surface area contributed by atoms with Crippen LogP contribution in [0.25, 0.3) is 0 Å². The van der Waals surface area contributed by atoms with Crippen LogP contribution < -0.4 is 10.6 Å². The normalized spacial score (nSPS) is 34.2. The van der Waals surface area contributed by atoms with E-state index < -0.39 is 29.1 Å². The molecule has 1 saturated heterocycles. The van der Waals surface area contributed by atoms with Crippen LogP contribution in [-0.4, -0.2) is 77.2 Å². The molecule has 2 saturated carbocycles. The second-order valence-electron chi connectivity index (χ2n) is 12.0. The van der Waals surface area contributed by atoms with Crippen LogP contribution >= 0.6 is 11.8 Å². The molecule has 4 N–H and O–H groups in total. The largest absolute Gasteiger partial charge is 0.445 e. The third-order valence-corrected chi connectivity index (χ3v) is 10.3. The summed E-state index contributed by atoms with van der Waals surface area (Å²) in [5.74, 6) is -0.409. The molecule has 1 aromatic carbocycles. The van der Waals surface area contributed by atoms with E-state index in [2.05, 4.69) is 17.6 Å².